The van der Waals surface area contributed by atoms with Gasteiger partial charge in [0.15, 0.2) is 0 Å². The maximum atomic E-state index is 8.25. The summed E-state index contributed by atoms with van der Waals surface area (Å²) >= 11 is 0. The van der Waals surface area contributed by atoms with Gasteiger partial charge in [-0.1, -0.05) is 0 Å². The molecule has 5 N–H and O–H groups in total. The summed E-state index contributed by atoms with van der Waals surface area (Å²) in [7, 11) is 0. The number of nitrogens with one attached hydrogen (secondary N) is 1. The van der Waals surface area contributed by atoms with Crippen LogP contribution in [0.2, 0.25) is 0 Å². The Morgan fingerprint density at radius 3 is 2.18 bits per heavy atom. The number of nitrogens with zero attached hydrogens (tertiary/aromatic N) is 2. The first-order chi connectivity index (χ1) is 7.35. The first-order valence-electron chi connectivity index (χ1n) is 4.76. The van der Waals surface area contributed by atoms with Crippen molar-refractivity contribution in [2.24, 2.45) is 11.5 Å². The molecule has 0 aliphatic carbocycles. The molecular weight excluding hydrogens is 465 g/mol. The Morgan fingerprint density at radius 1 is 1.29 bits per heavy atom. The van der Waals surface area contributed by atoms with Gasteiger partial charge in [0, 0.05) is 38.6 Å². The summed E-state index contributed by atoms with van der Waals surface area (Å²) in [6.07, 6.45) is 3.17. The third kappa shape index (κ3) is 15.7. The van der Waals surface area contributed by atoms with Gasteiger partial charge in [0.05, 0.1) is 5.56 Å². The zero-order valence-electron chi connectivity index (χ0n) is 9.38. The molecule has 96 valence electrons. The number of hydrogen-bond acceptors (Lipinski definition) is 5. The van der Waals surface area contributed by atoms with E-state index in [1.807, 2.05) is 6.07 Å². The maximum Gasteiger partial charge on any atom is 4.00 e. The van der Waals surface area contributed by atoms with E-state index in [9.17, 15) is 0 Å². The fourth-order valence-corrected chi connectivity index (χ4v) is 0.758. The van der Waals surface area contributed by atoms with E-state index >= 15 is 0 Å². The summed E-state index contributed by atoms with van der Waals surface area (Å²) < 4.78 is 0. The Hall–Kier alpha value is -0.312. The number of pyridine rings is 1. The molecule has 1 aromatic rings. The predicted molar refractivity (Wildman–Crippen MR) is 59.9 cm³/mol. The molecule has 1 heterocycles. The minimum atomic E-state index is 0. The molecule has 7 heteroatoms. The van der Waals surface area contributed by atoms with Crippen LogP contribution in [0, 0.1) is 11.3 Å². The molecule has 0 spiro atoms. The summed E-state index contributed by atoms with van der Waals surface area (Å²) in [6.45, 7) is 3.13. The van der Waals surface area contributed by atoms with E-state index < -0.39 is 0 Å². The van der Waals surface area contributed by atoms with Crippen LogP contribution in [0.5, 0.6) is 0 Å². The second-order valence-corrected chi connectivity index (χ2v) is 2.68. The van der Waals surface area contributed by atoms with Crippen LogP contribution in [0.1, 0.15) is 5.56 Å². The van der Waals surface area contributed by atoms with E-state index in [0.717, 1.165) is 13.1 Å². The van der Waals surface area contributed by atoms with Crippen LogP contribution in [0.15, 0.2) is 24.5 Å². The molecule has 0 amide bonds. The molecule has 0 aliphatic rings. The largest absolute Gasteiger partial charge is 4.00 e. The molecule has 0 atom stereocenters. The van der Waals surface area contributed by atoms with Crippen LogP contribution in [0.4, 0.5) is 0 Å². The quantitative estimate of drug-likeness (QED) is 0.386. The average Bonchev–Trinajstić information content (AvgIpc) is 2.32. The van der Waals surface area contributed by atoms with Crippen molar-refractivity contribution in [2.75, 3.05) is 26.2 Å². The van der Waals surface area contributed by atoms with Crippen LogP contribution in [-0.4, -0.2) is 31.2 Å². The average molecular weight is 482 g/mol. The van der Waals surface area contributed by atoms with Crippen molar-refractivity contribution in [3.8, 4) is 6.07 Å². The van der Waals surface area contributed by atoms with E-state index in [1.165, 1.54) is 6.20 Å². The second kappa shape index (κ2) is 18.1. The van der Waals surface area contributed by atoms with E-state index in [4.69, 9.17) is 16.7 Å². The standard InChI is InChI=1S/C6H4N2.C4H13N3.BrH.Pt/c7-4-6-2-1-3-8-5-6;5-1-3-7-4-2-6;;/h1-3,5H;7H,1-6H2;1H;/q;;;+4/p-1. The van der Waals surface area contributed by atoms with Gasteiger partial charge in [0.1, 0.15) is 6.07 Å². The van der Waals surface area contributed by atoms with Gasteiger partial charge in [-0.25, -0.2) is 0 Å². The van der Waals surface area contributed by atoms with Crippen LogP contribution >= 0.6 is 0 Å². The van der Waals surface area contributed by atoms with Crippen LogP contribution < -0.4 is 33.8 Å². The molecule has 0 saturated carbocycles. The third-order valence-corrected chi connectivity index (χ3v) is 1.43. The third-order valence-electron chi connectivity index (χ3n) is 1.43. The number of hydrogen-bond donors (Lipinski definition) is 3. The van der Waals surface area contributed by atoms with Crippen molar-refractivity contribution in [1.29, 1.82) is 5.26 Å². The molecule has 5 nitrogen and oxygen atoms in total. The molecule has 0 aromatic carbocycles. The Bertz CT molecular complexity index is 274. The molecule has 0 unspecified atom stereocenters. The van der Waals surface area contributed by atoms with Gasteiger partial charge in [-0.15, -0.1) is 0 Å². The fourth-order valence-electron chi connectivity index (χ4n) is 0.758. The molecule has 0 aliphatic heterocycles. The summed E-state index contributed by atoms with van der Waals surface area (Å²) in [4.78, 5) is 3.73. The number of rotatable bonds is 4. The smallest absolute Gasteiger partial charge is 1.00 e. The molecular formula is C10H17BrN5Pt+3. The summed E-state index contributed by atoms with van der Waals surface area (Å²) in [6, 6.07) is 5.41. The molecule has 1 rings (SSSR count). The number of nitrogens with two attached hydrogens (primary N) is 2. The Balaban J connectivity index is -0.000000208. The van der Waals surface area contributed by atoms with Crippen molar-refractivity contribution >= 4 is 0 Å². The van der Waals surface area contributed by atoms with Gasteiger partial charge >= 0.3 is 21.1 Å². The van der Waals surface area contributed by atoms with Crippen LogP contribution in [0.3, 0.4) is 0 Å². The van der Waals surface area contributed by atoms with Gasteiger partial charge in [0.25, 0.3) is 0 Å². The van der Waals surface area contributed by atoms with Gasteiger partial charge in [-0.05, 0) is 12.1 Å². The fraction of sp³-hybridized carbons (Fsp3) is 0.400. The van der Waals surface area contributed by atoms with Crippen molar-refractivity contribution in [2.45, 2.75) is 0 Å². The molecule has 0 bridgehead atoms. The number of halogens is 1. The van der Waals surface area contributed by atoms with Crippen molar-refractivity contribution in [1.82, 2.24) is 10.3 Å². The minimum absolute atomic E-state index is 0. The van der Waals surface area contributed by atoms with E-state index in [0.29, 0.717) is 18.7 Å². The molecule has 17 heavy (non-hydrogen) atoms. The van der Waals surface area contributed by atoms with Gasteiger partial charge in [-0.2, -0.15) is 5.26 Å². The second-order valence-electron chi connectivity index (χ2n) is 2.68. The Labute approximate surface area is 127 Å². The molecule has 0 saturated heterocycles. The SMILES string of the molecule is N#Cc1cccnc1.NCCNCCN.[Br-].[Pt+4]. The van der Waals surface area contributed by atoms with Crippen molar-refractivity contribution in [3.63, 3.8) is 0 Å². The minimum Gasteiger partial charge on any atom is -1.00 e. The first kappa shape index (κ1) is 21.9. The zero-order valence-corrected chi connectivity index (χ0v) is 13.2. The molecule has 0 radical (unpaired) electrons. The predicted octanol–water partition coefficient (Wildman–Crippen LogP) is -3.55. The number of aromatic nitrogens is 1. The summed E-state index contributed by atoms with van der Waals surface area (Å²) in [5, 5.41) is 11.3. The van der Waals surface area contributed by atoms with Crippen molar-refractivity contribution < 1.29 is 38.0 Å². The van der Waals surface area contributed by atoms with E-state index in [-0.39, 0.29) is 38.0 Å². The van der Waals surface area contributed by atoms with Gasteiger partial charge < -0.3 is 33.8 Å². The van der Waals surface area contributed by atoms with Crippen LogP contribution in [-0.2, 0) is 21.1 Å². The van der Waals surface area contributed by atoms with Crippen LogP contribution in [0.25, 0.3) is 0 Å². The number of nitriles is 1. The van der Waals surface area contributed by atoms with Gasteiger partial charge in [0.2, 0.25) is 0 Å². The zero-order chi connectivity index (χ0) is 11.4. The monoisotopic (exact) mass is 481 g/mol. The van der Waals surface area contributed by atoms with Gasteiger partial charge in [-0.3, -0.25) is 4.98 Å². The Morgan fingerprint density at radius 2 is 1.88 bits per heavy atom. The maximum absolute atomic E-state index is 8.25. The van der Waals surface area contributed by atoms with Crippen molar-refractivity contribution in [3.05, 3.63) is 30.1 Å². The molecule has 1 aromatic heterocycles. The molecule has 0 fully saturated rings. The summed E-state index contributed by atoms with van der Waals surface area (Å²) in [5.74, 6) is 0. The summed E-state index contributed by atoms with van der Waals surface area (Å²) in [5.41, 5.74) is 10.9. The topological polar surface area (TPSA) is 101 Å². The van der Waals surface area contributed by atoms with E-state index in [2.05, 4.69) is 10.3 Å². The van der Waals surface area contributed by atoms with E-state index in [1.54, 1.807) is 18.3 Å². The normalized spacial score (nSPS) is 7.59. The first-order valence-corrected chi connectivity index (χ1v) is 4.76. The Kier molecular flexibility index (Phi) is 23.3.